The molecule has 0 bridgehead atoms. The zero-order valence-electron chi connectivity index (χ0n) is 32.4. The van der Waals surface area contributed by atoms with Crippen molar-refractivity contribution in [3.05, 3.63) is 47.5 Å². The molecule has 2 amide bonds. The van der Waals surface area contributed by atoms with Crippen LogP contribution in [0.5, 0.6) is 0 Å². The summed E-state index contributed by atoms with van der Waals surface area (Å²) in [6.07, 6.45) is 18.9. The van der Waals surface area contributed by atoms with Crippen molar-refractivity contribution in [2.45, 2.75) is 163 Å². The molecule has 6 heteroatoms. The Morgan fingerprint density at radius 2 is 1.72 bits per heavy atom. The van der Waals surface area contributed by atoms with Gasteiger partial charge in [-0.3, -0.25) is 4.79 Å². The Balaban J connectivity index is 1.01. The maximum atomic E-state index is 12.8. The van der Waals surface area contributed by atoms with Gasteiger partial charge in [-0.15, -0.1) is 0 Å². The van der Waals surface area contributed by atoms with Gasteiger partial charge < -0.3 is 20.5 Å². The van der Waals surface area contributed by atoms with E-state index >= 15 is 0 Å². The van der Waals surface area contributed by atoms with Gasteiger partial charge in [0.05, 0.1) is 12.1 Å². The van der Waals surface area contributed by atoms with Gasteiger partial charge in [-0.2, -0.15) is 0 Å². The third-order valence-corrected chi connectivity index (χ3v) is 14.2. The number of carbonyl (C=O) groups is 2. The maximum absolute atomic E-state index is 12.8. The highest BCUT2D eigenvalue weighted by atomic mass is 16.6. The van der Waals surface area contributed by atoms with Gasteiger partial charge in [-0.05, 0) is 116 Å². The van der Waals surface area contributed by atoms with Crippen LogP contribution in [0, 0.1) is 46.3 Å². The van der Waals surface area contributed by atoms with Crippen molar-refractivity contribution in [3.63, 3.8) is 0 Å². The molecule has 1 aromatic carbocycles. The number of allylic oxidation sites excluding steroid dienone is 1. The zero-order valence-corrected chi connectivity index (χ0v) is 32.4. The molecule has 3 N–H and O–H groups in total. The number of hydrogen-bond acceptors (Lipinski definition) is 4. The molecule has 10 atom stereocenters. The van der Waals surface area contributed by atoms with Gasteiger partial charge in [-0.1, -0.05) is 109 Å². The molecule has 0 aromatic heterocycles. The van der Waals surface area contributed by atoms with Gasteiger partial charge in [0.15, 0.2) is 0 Å². The molecule has 3 fully saturated rings. The van der Waals surface area contributed by atoms with E-state index in [0.717, 1.165) is 79.6 Å². The normalized spacial score (nSPS) is 32.2. The van der Waals surface area contributed by atoms with Crippen LogP contribution in [0.15, 0.2) is 42.0 Å². The molecule has 10 unspecified atom stereocenters. The van der Waals surface area contributed by atoms with Crippen LogP contribution in [0.3, 0.4) is 0 Å². The van der Waals surface area contributed by atoms with Crippen molar-refractivity contribution < 1.29 is 19.4 Å². The van der Waals surface area contributed by atoms with Crippen molar-refractivity contribution in [1.29, 1.82) is 0 Å². The summed E-state index contributed by atoms with van der Waals surface area (Å²) in [6.45, 7) is 15.0. The summed E-state index contributed by atoms with van der Waals surface area (Å²) in [6, 6.07) is 9.18. The fraction of sp³-hybridized carbons (Fsp3) is 0.773. The first kappa shape index (κ1) is 38.9. The first-order valence-electron chi connectivity index (χ1n) is 20.6. The van der Waals surface area contributed by atoms with Crippen LogP contribution in [0.1, 0.15) is 156 Å². The first-order valence-corrected chi connectivity index (χ1v) is 20.6. The van der Waals surface area contributed by atoms with Crippen molar-refractivity contribution in [2.24, 2.45) is 46.3 Å². The number of rotatable bonds is 16. The monoisotopic (exact) mass is 691 g/mol. The molecule has 0 aliphatic heterocycles. The van der Waals surface area contributed by atoms with E-state index in [-0.39, 0.29) is 29.6 Å². The van der Waals surface area contributed by atoms with E-state index in [2.05, 4.69) is 51.3 Å². The minimum atomic E-state index is -0.716. The lowest BCUT2D eigenvalue weighted by Gasteiger charge is -2.58. The highest BCUT2D eigenvalue weighted by molar-refractivity contribution is 5.76. The van der Waals surface area contributed by atoms with Crippen LogP contribution in [0.25, 0.3) is 0 Å². The van der Waals surface area contributed by atoms with Crippen LogP contribution in [-0.2, 0) is 9.53 Å². The van der Waals surface area contributed by atoms with E-state index in [1.807, 2.05) is 37.3 Å². The Bertz CT molecular complexity index is 1280. The maximum Gasteiger partial charge on any atom is 0.407 e. The number of amides is 2. The molecular formula is C44H70N2O4. The van der Waals surface area contributed by atoms with Crippen molar-refractivity contribution in [2.75, 3.05) is 6.54 Å². The predicted molar refractivity (Wildman–Crippen MR) is 203 cm³/mol. The third-order valence-electron chi connectivity index (χ3n) is 14.2. The molecule has 1 aromatic rings. The van der Waals surface area contributed by atoms with Crippen LogP contribution in [0.4, 0.5) is 4.79 Å². The van der Waals surface area contributed by atoms with E-state index in [9.17, 15) is 14.7 Å². The number of carbonyl (C=O) groups excluding carboxylic acids is 2. The summed E-state index contributed by atoms with van der Waals surface area (Å²) < 4.78 is 5.98. The lowest BCUT2D eigenvalue weighted by atomic mass is 9.47. The van der Waals surface area contributed by atoms with E-state index < -0.39 is 6.10 Å². The summed E-state index contributed by atoms with van der Waals surface area (Å²) in [5.74, 6) is 4.96. The van der Waals surface area contributed by atoms with Crippen molar-refractivity contribution in [3.8, 4) is 0 Å². The molecule has 0 saturated heterocycles. The molecule has 0 heterocycles. The summed E-state index contributed by atoms with van der Waals surface area (Å²) in [4.78, 5) is 25.3. The second-order valence-corrected chi connectivity index (χ2v) is 17.7. The second-order valence-electron chi connectivity index (χ2n) is 17.7. The minimum Gasteiger partial charge on any atom is -0.446 e. The van der Waals surface area contributed by atoms with Crippen LogP contribution < -0.4 is 10.6 Å². The Morgan fingerprint density at radius 1 is 0.940 bits per heavy atom. The Labute approximate surface area is 304 Å². The predicted octanol–water partition coefficient (Wildman–Crippen LogP) is 10.3. The zero-order chi connectivity index (χ0) is 35.9. The molecule has 280 valence electrons. The highest BCUT2D eigenvalue weighted by Gasteiger charge is 2.59. The van der Waals surface area contributed by atoms with Crippen LogP contribution >= 0.6 is 0 Å². The highest BCUT2D eigenvalue weighted by Crippen LogP contribution is 2.67. The van der Waals surface area contributed by atoms with Gasteiger partial charge >= 0.3 is 6.09 Å². The van der Waals surface area contributed by atoms with Crippen molar-refractivity contribution >= 4 is 12.0 Å². The number of hydrogen-bond donors (Lipinski definition) is 3. The quantitative estimate of drug-likeness (QED) is 0.119. The third kappa shape index (κ3) is 8.99. The molecule has 0 spiro atoms. The summed E-state index contributed by atoms with van der Waals surface area (Å²) in [5.41, 5.74) is 3.14. The van der Waals surface area contributed by atoms with Gasteiger partial charge in [0, 0.05) is 19.4 Å². The van der Waals surface area contributed by atoms with Gasteiger partial charge in [0.2, 0.25) is 5.91 Å². The van der Waals surface area contributed by atoms with Gasteiger partial charge in [0.25, 0.3) is 0 Å². The molecule has 50 heavy (non-hydrogen) atoms. The Morgan fingerprint density at radius 3 is 2.46 bits per heavy atom. The number of unbranched alkanes of at least 4 members (excludes halogenated alkanes) is 2. The molecule has 4 aliphatic carbocycles. The Kier molecular flexibility index (Phi) is 13.6. The molecule has 0 radical (unpaired) electrons. The lowest BCUT2D eigenvalue weighted by Crippen LogP contribution is -2.51. The molecule has 3 saturated carbocycles. The fourth-order valence-electron chi connectivity index (χ4n) is 11.3. The molecule has 6 nitrogen and oxygen atoms in total. The average Bonchev–Trinajstić information content (AvgIpc) is 3.46. The number of benzene rings is 1. The van der Waals surface area contributed by atoms with Crippen LogP contribution in [-0.4, -0.2) is 35.8 Å². The topological polar surface area (TPSA) is 87.7 Å². The second kappa shape index (κ2) is 17.5. The Hall–Kier alpha value is -2.34. The average molecular weight is 691 g/mol. The summed E-state index contributed by atoms with van der Waals surface area (Å²) in [7, 11) is 0. The largest absolute Gasteiger partial charge is 0.446 e. The molecule has 4 aliphatic rings. The molecular weight excluding hydrogens is 620 g/mol. The summed E-state index contributed by atoms with van der Waals surface area (Å²) >= 11 is 0. The molecule has 5 rings (SSSR count). The van der Waals surface area contributed by atoms with Gasteiger partial charge in [-0.25, -0.2) is 4.79 Å². The van der Waals surface area contributed by atoms with Crippen molar-refractivity contribution in [1.82, 2.24) is 10.6 Å². The van der Waals surface area contributed by atoms with E-state index in [4.69, 9.17) is 4.74 Å². The van der Waals surface area contributed by atoms with E-state index in [0.29, 0.717) is 24.8 Å². The first-order chi connectivity index (χ1) is 24.0. The number of alkyl carbamates (subject to hydrolysis) is 1. The number of nitrogens with one attached hydrogen (secondary N) is 2. The van der Waals surface area contributed by atoms with Gasteiger partial charge in [0.1, 0.15) is 6.10 Å². The van der Waals surface area contributed by atoms with Crippen LogP contribution in [0.2, 0.25) is 0 Å². The number of aliphatic hydroxyl groups is 1. The van der Waals surface area contributed by atoms with E-state index in [1.165, 1.54) is 51.4 Å². The standard InChI is InChI=1S/C44H70N2O4/c1-7-39(41(48)32-17-10-8-11-18-32)46-40(47)19-12-9-13-28-45-42(49)50-34-24-26-43(5)33(29-34)20-21-35-37-23-22-36(31(4)16-14-15-30(2)3)44(37,6)27-25-38(35)43/h8,10-11,17-18,20,30-31,34-39,41,48H,7,9,12-16,19,21-29H2,1-6H3,(H,45,49)(H,46,47). The number of fused-ring (bicyclic) bond motifs is 5. The lowest BCUT2D eigenvalue weighted by molar-refractivity contribution is -0.122. The summed E-state index contributed by atoms with van der Waals surface area (Å²) in [5, 5.41) is 16.6. The number of ether oxygens (including phenoxy) is 1. The number of aliphatic hydroxyl groups excluding tert-OH is 1. The minimum absolute atomic E-state index is 0.0382. The fourth-order valence-corrected chi connectivity index (χ4v) is 11.3. The SMILES string of the molecule is CCC(NC(=O)CCCCCNC(=O)OC1CCC2(C)C(=CCC3C2CCC2(C)C(C(C)CCCC(C)C)CCC32)C1)C(O)c1ccccc1. The van der Waals surface area contributed by atoms with E-state index in [1.54, 1.807) is 5.57 Å². The smallest absolute Gasteiger partial charge is 0.407 e.